The number of hydrazone groups is 1. The van der Waals surface area contributed by atoms with Gasteiger partial charge in [0.25, 0.3) is 5.91 Å². The quantitative estimate of drug-likeness (QED) is 0.342. The lowest BCUT2D eigenvalue weighted by Gasteiger charge is -2.09. The van der Waals surface area contributed by atoms with Crippen molar-refractivity contribution in [3.8, 4) is 11.8 Å². The summed E-state index contributed by atoms with van der Waals surface area (Å²) in [5, 5.41) is 20.7. The number of benzene rings is 1. The maximum absolute atomic E-state index is 11.0. The molecule has 0 atom stereocenters. The summed E-state index contributed by atoms with van der Waals surface area (Å²) in [6.07, 6.45) is 1.18. The zero-order valence-corrected chi connectivity index (χ0v) is 14.8. The van der Waals surface area contributed by atoms with E-state index >= 15 is 0 Å². The van der Waals surface area contributed by atoms with Crippen molar-refractivity contribution in [3.05, 3.63) is 24.8 Å². The third-order valence-corrected chi connectivity index (χ3v) is 3.61. The molecule has 0 aliphatic carbocycles. The Morgan fingerprint density at radius 3 is 2.57 bits per heavy atom. The molecule has 1 rings (SSSR count). The zero-order valence-electron chi connectivity index (χ0n) is 10.5. The molecule has 21 heavy (non-hydrogen) atoms. The monoisotopic (exact) mass is 513 g/mol. The van der Waals surface area contributed by atoms with Crippen LogP contribution in [0.15, 0.2) is 17.2 Å². The number of carbonyl (C=O) groups is 2. The number of hydrogen-bond donors (Lipinski definition) is 2. The summed E-state index contributed by atoms with van der Waals surface area (Å²) in [6.45, 7) is -0.413. The summed E-state index contributed by atoms with van der Waals surface area (Å²) < 4.78 is 6.65. The summed E-state index contributed by atoms with van der Waals surface area (Å²) in [4.78, 5) is 21.6. The van der Waals surface area contributed by atoms with E-state index in [9.17, 15) is 9.59 Å². The van der Waals surface area contributed by atoms with Crippen LogP contribution in [0, 0.1) is 18.5 Å². The highest BCUT2D eigenvalue weighted by molar-refractivity contribution is 14.1. The van der Waals surface area contributed by atoms with Gasteiger partial charge < -0.3 is 9.84 Å². The average molecular weight is 513 g/mol. The van der Waals surface area contributed by atoms with Gasteiger partial charge in [0.05, 0.1) is 19.4 Å². The summed E-state index contributed by atoms with van der Waals surface area (Å²) >= 11 is 4.04. The molecule has 1 aromatic rings. The maximum Gasteiger partial charge on any atom is 0.341 e. The van der Waals surface area contributed by atoms with Crippen LogP contribution in [0.2, 0.25) is 0 Å². The van der Waals surface area contributed by atoms with Gasteiger partial charge in [-0.15, -0.1) is 0 Å². The van der Waals surface area contributed by atoms with E-state index in [0.717, 1.165) is 7.14 Å². The van der Waals surface area contributed by atoms with Gasteiger partial charge in [0.1, 0.15) is 12.2 Å². The molecular weight excluding hydrogens is 504 g/mol. The Bertz CT molecular complexity index is 602. The van der Waals surface area contributed by atoms with E-state index < -0.39 is 18.5 Å². The largest absolute Gasteiger partial charge is 0.480 e. The number of nitrogens with zero attached hydrogens (tertiary/aromatic N) is 2. The van der Waals surface area contributed by atoms with Gasteiger partial charge in [0.15, 0.2) is 6.61 Å². The van der Waals surface area contributed by atoms with Gasteiger partial charge in [-0.05, 0) is 62.9 Å². The highest BCUT2D eigenvalue weighted by Crippen LogP contribution is 2.28. The first-order valence-electron chi connectivity index (χ1n) is 5.46. The summed E-state index contributed by atoms with van der Waals surface area (Å²) in [5.41, 5.74) is 2.93. The number of carboxylic acid groups (broad SMARTS) is 1. The standard InChI is InChI=1S/C12H9I2N3O4/c13-8-3-7(5-16-17-10(18)1-2-15)4-9(14)12(8)21-6-11(19)20/h3-5H,1,6H2,(H,17,18)(H,19,20)/b16-5+. The van der Waals surface area contributed by atoms with Crippen LogP contribution in [0.4, 0.5) is 0 Å². The van der Waals surface area contributed by atoms with Crippen molar-refractivity contribution < 1.29 is 19.4 Å². The zero-order chi connectivity index (χ0) is 15.8. The number of aliphatic carboxylic acids is 1. The average Bonchev–Trinajstić information content (AvgIpc) is 2.37. The van der Waals surface area contributed by atoms with E-state index in [1.807, 2.05) is 45.2 Å². The molecule has 0 spiro atoms. The van der Waals surface area contributed by atoms with Crippen LogP contribution in [0.25, 0.3) is 0 Å². The Hall–Kier alpha value is -1.42. The molecule has 1 amide bonds. The number of hydrogen-bond acceptors (Lipinski definition) is 5. The van der Waals surface area contributed by atoms with E-state index in [-0.39, 0.29) is 6.42 Å². The van der Waals surface area contributed by atoms with Gasteiger partial charge in [-0.2, -0.15) is 10.4 Å². The lowest BCUT2D eigenvalue weighted by molar-refractivity contribution is -0.139. The fraction of sp³-hybridized carbons (Fsp3) is 0.167. The van der Waals surface area contributed by atoms with Gasteiger partial charge >= 0.3 is 5.97 Å². The van der Waals surface area contributed by atoms with Crippen molar-refractivity contribution in [1.82, 2.24) is 5.43 Å². The number of ether oxygens (including phenoxy) is 1. The van der Waals surface area contributed by atoms with Crippen molar-refractivity contribution in [3.63, 3.8) is 0 Å². The van der Waals surface area contributed by atoms with Crippen LogP contribution in [-0.2, 0) is 9.59 Å². The van der Waals surface area contributed by atoms with Crippen LogP contribution >= 0.6 is 45.2 Å². The van der Waals surface area contributed by atoms with Crippen molar-refractivity contribution in [2.24, 2.45) is 5.10 Å². The highest BCUT2D eigenvalue weighted by atomic mass is 127. The van der Waals surface area contributed by atoms with Gasteiger partial charge in [-0.3, -0.25) is 4.79 Å². The Balaban J connectivity index is 2.79. The minimum atomic E-state index is -1.05. The second-order valence-corrected chi connectivity index (χ2v) is 5.95. The smallest absolute Gasteiger partial charge is 0.341 e. The number of halogens is 2. The number of carboxylic acids is 1. The first kappa shape index (κ1) is 17.6. The molecule has 0 saturated heterocycles. The molecule has 9 heteroatoms. The minimum Gasteiger partial charge on any atom is -0.480 e. The molecule has 1 aromatic carbocycles. The molecule has 0 aliphatic rings. The van der Waals surface area contributed by atoms with E-state index in [1.165, 1.54) is 6.21 Å². The first-order valence-corrected chi connectivity index (χ1v) is 7.62. The Morgan fingerprint density at radius 1 is 1.43 bits per heavy atom. The molecule has 0 fully saturated rings. The molecule has 0 bridgehead atoms. The predicted molar refractivity (Wildman–Crippen MR) is 91.0 cm³/mol. The second-order valence-electron chi connectivity index (χ2n) is 3.62. The summed E-state index contributed by atoms with van der Waals surface area (Å²) in [7, 11) is 0. The molecule has 0 aromatic heterocycles. The predicted octanol–water partition coefficient (Wildman–Crippen LogP) is 1.72. The molecule has 0 aliphatic heterocycles. The van der Waals surface area contributed by atoms with Gasteiger partial charge in [-0.25, -0.2) is 10.2 Å². The van der Waals surface area contributed by atoms with E-state index in [4.69, 9.17) is 15.1 Å². The SMILES string of the molecule is N#CCC(=O)N/N=C/c1cc(I)c(OCC(=O)O)c(I)c1. The van der Waals surface area contributed by atoms with Crippen molar-refractivity contribution in [2.75, 3.05) is 6.61 Å². The van der Waals surface area contributed by atoms with E-state index in [1.54, 1.807) is 18.2 Å². The number of rotatable bonds is 6. The lowest BCUT2D eigenvalue weighted by atomic mass is 10.2. The minimum absolute atomic E-state index is 0.256. The fourth-order valence-electron chi connectivity index (χ4n) is 1.22. The number of nitrogens with one attached hydrogen (secondary N) is 1. The third kappa shape index (κ3) is 6.25. The maximum atomic E-state index is 11.0. The molecule has 0 saturated carbocycles. The molecule has 2 N–H and O–H groups in total. The Morgan fingerprint density at radius 2 is 2.05 bits per heavy atom. The highest BCUT2D eigenvalue weighted by Gasteiger charge is 2.10. The second kappa shape index (κ2) is 8.78. The van der Waals surface area contributed by atoms with E-state index in [0.29, 0.717) is 11.3 Å². The van der Waals surface area contributed by atoms with Gasteiger partial charge in [0.2, 0.25) is 0 Å². The van der Waals surface area contributed by atoms with Crippen molar-refractivity contribution in [1.29, 1.82) is 5.26 Å². The molecule has 0 heterocycles. The molecule has 7 nitrogen and oxygen atoms in total. The molecule has 0 unspecified atom stereocenters. The van der Waals surface area contributed by atoms with Crippen LogP contribution < -0.4 is 10.2 Å². The summed E-state index contributed by atoms with van der Waals surface area (Å²) in [6, 6.07) is 5.18. The normalized spacial score (nSPS) is 10.1. The van der Waals surface area contributed by atoms with Crippen LogP contribution in [0.5, 0.6) is 5.75 Å². The van der Waals surface area contributed by atoms with E-state index in [2.05, 4.69) is 10.5 Å². The number of nitriles is 1. The fourth-order valence-corrected chi connectivity index (χ4v) is 3.34. The molecular formula is C12H9I2N3O4. The first-order chi connectivity index (χ1) is 9.93. The Labute approximate surface area is 147 Å². The third-order valence-electron chi connectivity index (χ3n) is 2.00. The van der Waals surface area contributed by atoms with Crippen LogP contribution in [0.3, 0.4) is 0 Å². The molecule has 0 radical (unpaired) electrons. The van der Waals surface area contributed by atoms with Gasteiger partial charge in [0, 0.05) is 0 Å². The number of carbonyl (C=O) groups excluding carboxylic acids is 1. The topological polar surface area (TPSA) is 112 Å². The summed E-state index contributed by atoms with van der Waals surface area (Å²) in [5.74, 6) is -1.05. The van der Waals surface area contributed by atoms with Crippen molar-refractivity contribution >= 4 is 63.3 Å². The van der Waals surface area contributed by atoms with Crippen molar-refractivity contribution in [2.45, 2.75) is 6.42 Å². The molecule has 110 valence electrons. The van der Waals surface area contributed by atoms with Crippen LogP contribution in [-0.4, -0.2) is 29.8 Å². The Kier molecular flexibility index (Phi) is 7.37. The number of amides is 1. The van der Waals surface area contributed by atoms with Crippen LogP contribution in [0.1, 0.15) is 12.0 Å². The lowest BCUT2D eigenvalue weighted by Crippen LogP contribution is -2.16. The van der Waals surface area contributed by atoms with Gasteiger partial charge in [-0.1, -0.05) is 0 Å².